The first-order chi connectivity index (χ1) is 16.4. The molecule has 0 atom stereocenters. The molecule has 2 aromatic carbocycles. The standard InChI is InChI=1S/C31H49IO3S/c1-13-30(9,10)32(31(11,12)14-2,24-18-16-15-17-19-24)28-25(21(3)4)20-26(22(5)6)29(36(33,34)35)27(28)23(7)8/h15-23H,13-14H2,1-12H3/p+1. The molecule has 0 unspecified atom stereocenters. The second kappa shape index (κ2) is 11.1. The molecule has 0 aliphatic heterocycles. The van der Waals surface area contributed by atoms with Gasteiger partial charge in [0, 0.05) is 0 Å². The molecular weight excluding hydrogens is 579 g/mol. The number of alkyl halides is 2. The number of hydrogen-bond donors (Lipinski definition) is 1. The first-order valence-corrected chi connectivity index (χ1v) is 19.2. The molecule has 0 amide bonds. The van der Waals surface area contributed by atoms with E-state index in [-0.39, 0.29) is 29.5 Å². The van der Waals surface area contributed by atoms with Crippen LogP contribution in [0.3, 0.4) is 0 Å². The Balaban J connectivity index is 3.54. The van der Waals surface area contributed by atoms with E-state index in [2.05, 4.69) is 106 Å². The molecule has 0 saturated carbocycles. The van der Waals surface area contributed by atoms with E-state index in [4.69, 9.17) is 0 Å². The van der Waals surface area contributed by atoms with Crippen LogP contribution in [-0.2, 0) is 10.1 Å². The average Bonchev–Trinajstić information content (AvgIpc) is 2.78. The molecule has 5 heteroatoms. The Bertz CT molecular complexity index is 1140. The van der Waals surface area contributed by atoms with E-state index in [0.29, 0.717) is 0 Å². The quantitative estimate of drug-likeness (QED) is 0.203. The third-order valence-corrected chi connectivity index (χ3v) is 24.6. The van der Waals surface area contributed by atoms with Crippen molar-refractivity contribution < 1.29 is 31.4 Å². The summed E-state index contributed by atoms with van der Waals surface area (Å²) in [5.41, 5.74) is 2.86. The van der Waals surface area contributed by atoms with E-state index < -0.39 is 28.6 Å². The Kier molecular flexibility index (Phi) is 9.61. The maximum absolute atomic E-state index is 13.2. The van der Waals surface area contributed by atoms with Crippen LogP contribution in [0, 0.1) is 7.14 Å². The van der Waals surface area contributed by atoms with Crippen molar-refractivity contribution in [3.05, 3.63) is 60.2 Å². The van der Waals surface area contributed by atoms with Gasteiger partial charge in [-0.3, -0.25) is 0 Å². The Morgan fingerprint density at radius 2 is 1.22 bits per heavy atom. The molecule has 36 heavy (non-hydrogen) atoms. The van der Waals surface area contributed by atoms with Gasteiger partial charge in [0.2, 0.25) is 0 Å². The first kappa shape index (κ1) is 31.3. The van der Waals surface area contributed by atoms with Gasteiger partial charge in [0.05, 0.1) is 0 Å². The van der Waals surface area contributed by atoms with Crippen molar-refractivity contribution in [2.75, 3.05) is 0 Å². The van der Waals surface area contributed by atoms with Gasteiger partial charge in [-0.05, 0) is 0 Å². The minimum atomic E-state index is -4.44. The molecule has 0 fully saturated rings. The predicted molar refractivity (Wildman–Crippen MR) is 151 cm³/mol. The zero-order valence-corrected chi connectivity index (χ0v) is 27.6. The number of benzene rings is 2. The van der Waals surface area contributed by atoms with Crippen LogP contribution in [0.1, 0.15) is 130 Å². The predicted octanol–water partition coefficient (Wildman–Crippen LogP) is 5.88. The molecule has 0 aliphatic carbocycles. The van der Waals surface area contributed by atoms with E-state index in [0.717, 1.165) is 24.0 Å². The third-order valence-electron chi connectivity index (χ3n) is 7.95. The van der Waals surface area contributed by atoms with Gasteiger partial charge < -0.3 is 0 Å². The number of halogens is 1. The first-order valence-electron chi connectivity index (χ1n) is 13.4. The topological polar surface area (TPSA) is 54.4 Å². The zero-order valence-electron chi connectivity index (χ0n) is 24.7. The van der Waals surface area contributed by atoms with Crippen LogP contribution in [0.15, 0.2) is 41.3 Å². The summed E-state index contributed by atoms with van der Waals surface area (Å²) >= 11 is -3.43. The maximum atomic E-state index is 13.2. The molecule has 0 heterocycles. The summed E-state index contributed by atoms with van der Waals surface area (Å²) in [6, 6.07) is 13.1. The summed E-state index contributed by atoms with van der Waals surface area (Å²) in [6.07, 6.45) is 1.98. The van der Waals surface area contributed by atoms with Crippen LogP contribution in [-0.4, -0.2) is 19.8 Å². The van der Waals surface area contributed by atoms with Crippen molar-refractivity contribution in [3.8, 4) is 0 Å². The van der Waals surface area contributed by atoms with Crippen LogP contribution in [0.25, 0.3) is 0 Å². The van der Waals surface area contributed by atoms with Gasteiger partial charge >= 0.3 is 227 Å². The van der Waals surface area contributed by atoms with Crippen LogP contribution < -0.4 is 18.4 Å². The van der Waals surface area contributed by atoms with Crippen molar-refractivity contribution in [2.45, 2.75) is 125 Å². The van der Waals surface area contributed by atoms with Gasteiger partial charge in [0.25, 0.3) is 0 Å². The van der Waals surface area contributed by atoms with Crippen molar-refractivity contribution in [1.82, 2.24) is 0 Å². The summed E-state index contributed by atoms with van der Waals surface area (Å²) in [5.74, 6) is 0.139. The van der Waals surface area contributed by atoms with Gasteiger partial charge in [-0.2, -0.15) is 0 Å². The molecule has 204 valence electrons. The molecule has 2 rings (SSSR count). The fourth-order valence-corrected chi connectivity index (χ4v) is 25.1. The van der Waals surface area contributed by atoms with Gasteiger partial charge in [0.15, 0.2) is 0 Å². The van der Waals surface area contributed by atoms with E-state index in [1.54, 1.807) is 0 Å². The van der Waals surface area contributed by atoms with E-state index >= 15 is 0 Å². The van der Waals surface area contributed by atoms with Crippen molar-refractivity contribution in [3.63, 3.8) is 0 Å². The average molecular weight is 630 g/mol. The Morgan fingerprint density at radius 3 is 1.56 bits per heavy atom. The number of hydrogen-bond acceptors (Lipinski definition) is 2. The molecular formula is C31H50IO3S+. The summed E-state index contributed by atoms with van der Waals surface area (Å²) in [5, 5.41) is 0. The number of rotatable bonds is 10. The molecule has 0 radical (unpaired) electrons. The van der Waals surface area contributed by atoms with Gasteiger partial charge in [-0.25, -0.2) is 0 Å². The van der Waals surface area contributed by atoms with E-state index in [1.807, 2.05) is 13.8 Å². The van der Waals surface area contributed by atoms with Gasteiger partial charge in [-0.15, -0.1) is 0 Å². The third kappa shape index (κ3) is 5.18. The summed E-state index contributed by atoms with van der Waals surface area (Å²) < 4.78 is 39.7. The summed E-state index contributed by atoms with van der Waals surface area (Å²) in [4.78, 5) is 0.162. The van der Waals surface area contributed by atoms with Crippen LogP contribution in [0.5, 0.6) is 0 Å². The second-order valence-electron chi connectivity index (χ2n) is 12.1. The molecule has 2 aromatic rings. The molecule has 0 saturated heterocycles. The molecule has 0 aliphatic rings. The molecule has 0 bridgehead atoms. The second-order valence-corrected chi connectivity index (χ2v) is 24.8. The minimum absolute atomic E-state index is 0.0259. The van der Waals surface area contributed by atoms with E-state index in [9.17, 15) is 13.0 Å². The van der Waals surface area contributed by atoms with Crippen LogP contribution >= 0.6 is 0 Å². The molecule has 0 aromatic heterocycles. The Hall–Kier alpha value is -0.920. The van der Waals surface area contributed by atoms with Crippen molar-refractivity contribution >= 4 is 10.1 Å². The fraction of sp³-hybridized carbons (Fsp3) is 0.613. The van der Waals surface area contributed by atoms with E-state index in [1.165, 1.54) is 12.7 Å². The molecule has 0 spiro atoms. The summed E-state index contributed by atoms with van der Waals surface area (Å²) in [7, 11) is -4.44. The van der Waals surface area contributed by atoms with Crippen molar-refractivity contribution in [2.24, 2.45) is 0 Å². The van der Waals surface area contributed by atoms with Crippen molar-refractivity contribution in [1.29, 1.82) is 0 Å². The van der Waals surface area contributed by atoms with Gasteiger partial charge in [0.1, 0.15) is 0 Å². The fourth-order valence-electron chi connectivity index (χ4n) is 5.58. The molecule has 1 N–H and O–H groups in total. The summed E-state index contributed by atoms with van der Waals surface area (Å²) in [6.45, 7) is 26.9. The normalized spacial score (nSPS) is 14.2. The molecule has 3 nitrogen and oxygen atoms in total. The monoisotopic (exact) mass is 629 g/mol. The van der Waals surface area contributed by atoms with Crippen LogP contribution in [0.2, 0.25) is 0 Å². The zero-order chi connectivity index (χ0) is 27.9. The Labute approximate surface area is 226 Å². The van der Waals surface area contributed by atoms with Gasteiger partial charge in [-0.1, -0.05) is 0 Å². The Morgan fingerprint density at radius 1 is 0.778 bits per heavy atom. The van der Waals surface area contributed by atoms with Crippen LogP contribution in [0.4, 0.5) is 0 Å². The SMILES string of the molecule is CCC(C)(C)[I+](c1ccccc1)(c1c(C(C)C)cc(C(C)C)c(S(=O)(=O)O)c1C(C)C)C(C)(C)CC.